The molecular weight excluding hydrogens is 196 g/mol. The van der Waals surface area contributed by atoms with Gasteiger partial charge in [0.1, 0.15) is 6.10 Å². The highest BCUT2D eigenvalue weighted by Gasteiger charge is 2.34. The Labute approximate surface area is 90.8 Å². The van der Waals surface area contributed by atoms with Crippen molar-refractivity contribution in [3.8, 4) is 0 Å². The Kier molecular flexibility index (Phi) is 4.30. The smallest absolute Gasteiger partial charge is 0.302 e. The van der Waals surface area contributed by atoms with E-state index >= 15 is 0 Å². The Morgan fingerprint density at radius 3 is 2.64 bits per heavy atom. The molecule has 2 nitrogen and oxygen atoms in total. The van der Waals surface area contributed by atoms with E-state index in [2.05, 4.69) is 20.8 Å². The van der Waals surface area contributed by atoms with Crippen molar-refractivity contribution < 1.29 is 9.53 Å². The zero-order valence-corrected chi connectivity index (χ0v) is 10.3. The number of carbonyl (C=O) groups excluding carboxylic acids is 1. The number of carbonyl (C=O) groups is 1. The number of hydrogen-bond donors (Lipinski definition) is 0. The highest BCUT2D eigenvalue weighted by Crippen LogP contribution is 2.38. The fraction of sp³-hybridized carbons (Fsp3) is 0.909. The molecule has 0 spiro atoms. The largest absolute Gasteiger partial charge is 0.462 e. The predicted octanol–water partition coefficient (Wildman–Crippen LogP) is 2.86. The predicted molar refractivity (Wildman–Crippen MR) is 60.5 cm³/mol. The third-order valence-electron chi connectivity index (χ3n) is 2.86. The van der Waals surface area contributed by atoms with E-state index in [1.54, 1.807) is 0 Å². The third kappa shape index (κ3) is 2.91. The fourth-order valence-electron chi connectivity index (χ4n) is 2.10. The zero-order valence-electron chi connectivity index (χ0n) is 9.45. The molecule has 1 aliphatic rings. The van der Waals surface area contributed by atoms with Crippen LogP contribution in [-0.4, -0.2) is 22.6 Å². The van der Waals surface area contributed by atoms with E-state index in [1.807, 2.05) is 11.8 Å². The minimum Gasteiger partial charge on any atom is -0.462 e. The number of rotatable bonds is 2. The van der Waals surface area contributed by atoms with Crippen molar-refractivity contribution in [1.29, 1.82) is 0 Å². The second-order valence-electron chi connectivity index (χ2n) is 4.14. The van der Waals surface area contributed by atoms with Gasteiger partial charge in [0.15, 0.2) is 0 Å². The van der Waals surface area contributed by atoms with E-state index < -0.39 is 0 Å². The second-order valence-corrected chi connectivity index (χ2v) is 5.82. The van der Waals surface area contributed by atoms with Gasteiger partial charge in [0.25, 0.3) is 0 Å². The quantitative estimate of drug-likeness (QED) is 0.664. The van der Waals surface area contributed by atoms with Crippen LogP contribution < -0.4 is 0 Å². The maximum atomic E-state index is 10.9. The Hall–Kier alpha value is -0.180. The van der Waals surface area contributed by atoms with Crippen LogP contribution in [0.25, 0.3) is 0 Å². The average molecular weight is 216 g/mol. The Morgan fingerprint density at radius 1 is 1.50 bits per heavy atom. The molecule has 1 fully saturated rings. The van der Waals surface area contributed by atoms with Gasteiger partial charge >= 0.3 is 5.97 Å². The van der Waals surface area contributed by atoms with Crippen molar-refractivity contribution >= 4 is 17.7 Å². The summed E-state index contributed by atoms with van der Waals surface area (Å²) in [6, 6.07) is 0. The molecule has 14 heavy (non-hydrogen) atoms. The van der Waals surface area contributed by atoms with E-state index in [9.17, 15) is 4.79 Å². The summed E-state index contributed by atoms with van der Waals surface area (Å²) >= 11 is 2.03. The molecule has 0 saturated carbocycles. The fourth-order valence-corrected chi connectivity index (χ4v) is 3.61. The molecule has 0 bridgehead atoms. The highest BCUT2D eigenvalue weighted by molar-refractivity contribution is 8.00. The van der Waals surface area contributed by atoms with Gasteiger partial charge in [-0.25, -0.2) is 0 Å². The SMILES string of the molecule is CC[C@@H]1S[C@H](C)C[C@H](OC(C)=O)[C@@H]1C. The van der Waals surface area contributed by atoms with E-state index in [0.29, 0.717) is 16.4 Å². The number of esters is 1. The van der Waals surface area contributed by atoms with Crippen LogP contribution in [0.3, 0.4) is 0 Å². The molecule has 0 aromatic heterocycles. The van der Waals surface area contributed by atoms with Crippen molar-refractivity contribution in [3.05, 3.63) is 0 Å². The maximum absolute atomic E-state index is 10.9. The van der Waals surface area contributed by atoms with Crippen LogP contribution in [0, 0.1) is 5.92 Å². The van der Waals surface area contributed by atoms with Gasteiger partial charge in [-0.3, -0.25) is 4.79 Å². The molecule has 1 saturated heterocycles. The third-order valence-corrected chi connectivity index (χ3v) is 4.63. The lowest BCUT2D eigenvalue weighted by Crippen LogP contribution is -2.38. The van der Waals surface area contributed by atoms with E-state index in [0.717, 1.165) is 12.8 Å². The molecule has 0 N–H and O–H groups in total. The first kappa shape index (κ1) is 11.9. The summed E-state index contributed by atoms with van der Waals surface area (Å²) in [4.78, 5) is 10.9. The molecule has 3 heteroatoms. The Balaban J connectivity index is 2.59. The summed E-state index contributed by atoms with van der Waals surface area (Å²) in [5.41, 5.74) is 0. The lowest BCUT2D eigenvalue weighted by Gasteiger charge is -2.37. The van der Waals surface area contributed by atoms with Crippen LogP contribution in [0.2, 0.25) is 0 Å². The van der Waals surface area contributed by atoms with Crippen molar-refractivity contribution in [3.63, 3.8) is 0 Å². The van der Waals surface area contributed by atoms with Crippen LogP contribution >= 0.6 is 11.8 Å². The van der Waals surface area contributed by atoms with Crippen LogP contribution in [0.5, 0.6) is 0 Å². The van der Waals surface area contributed by atoms with Crippen molar-refractivity contribution in [2.24, 2.45) is 5.92 Å². The lowest BCUT2D eigenvalue weighted by atomic mass is 9.94. The van der Waals surface area contributed by atoms with Gasteiger partial charge in [0, 0.05) is 23.3 Å². The number of thioether (sulfide) groups is 1. The summed E-state index contributed by atoms with van der Waals surface area (Å²) in [5.74, 6) is 0.348. The molecule has 1 aliphatic heterocycles. The summed E-state index contributed by atoms with van der Waals surface area (Å²) < 4.78 is 5.35. The van der Waals surface area contributed by atoms with Gasteiger partial charge in [0.2, 0.25) is 0 Å². The lowest BCUT2D eigenvalue weighted by molar-refractivity contribution is -0.149. The minimum absolute atomic E-state index is 0.133. The van der Waals surface area contributed by atoms with Gasteiger partial charge < -0.3 is 4.74 Å². The Morgan fingerprint density at radius 2 is 2.14 bits per heavy atom. The summed E-state index contributed by atoms with van der Waals surface area (Å²) in [6.07, 6.45) is 2.30. The van der Waals surface area contributed by atoms with Gasteiger partial charge in [-0.1, -0.05) is 20.8 Å². The normalized spacial score (nSPS) is 38.0. The summed E-state index contributed by atoms with van der Waals surface area (Å²) in [5, 5.41) is 1.25. The van der Waals surface area contributed by atoms with Gasteiger partial charge in [-0.05, 0) is 12.8 Å². The summed E-state index contributed by atoms with van der Waals surface area (Å²) in [7, 11) is 0. The van der Waals surface area contributed by atoms with Crippen LogP contribution in [-0.2, 0) is 9.53 Å². The molecule has 1 rings (SSSR count). The minimum atomic E-state index is -0.143. The number of hydrogen-bond acceptors (Lipinski definition) is 3. The first-order valence-electron chi connectivity index (χ1n) is 5.37. The molecule has 0 aromatic rings. The van der Waals surface area contributed by atoms with Crippen molar-refractivity contribution in [1.82, 2.24) is 0 Å². The molecular formula is C11H20O2S. The standard InChI is InChI=1S/C11H20O2S/c1-5-11-8(3)10(13-9(4)12)6-7(2)14-11/h7-8,10-11H,5-6H2,1-4H3/t7-,8+,10+,11+/m1/s1. The molecule has 0 radical (unpaired) electrons. The molecule has 0 aromatic carbocycles. The van der Waals surface area contributed by atoms with E-state index in [4.69, 9.17) is 4.74 Å². The number of ether oxygens (including phenoxy) is 1. The Bertz CT molecular complexity index is 205. The van der Waals surface area contributed by atoms with Crippen molar-refractivity contribution in [2.75, 3.05) is 0 Å². The molecule has 0 unspecified atom stereocenters. The first-order valence-corrected chi connectivity index (χ1v) is 6.31. The molecule has 82 valence electrons. The van der Waals surface area contributed by atoms with Crippen LogP contribution in [0.15, 0.2) is 0 Å². The first-order chi connectivity index (χ1) is 6.54. The monoisotopic (exact) mass is 216 g/mol. The van der Waals surface area contributed by atoms with Crippen molar-refractivity contribution in [2.45, 2.75) is 57.1 Å². The molecule has 0 amide bonds. The van der Waals surface area contributed by atoms with Gasteiger partial charge in [-0.2, -0.15) is 11.8 Å². The second kappa shape index (κ2) is 5.06. The zero-order chi connectivity index (χ0) is 10.7. The van der Waals surface area contributed by atoms with Gasteiger partial charge in [-0.15, -0.1) is 0 Å². The summed E-state index contributed by atoms with van der Waals surface area (Å²) in [6.45, 7) is 8.12. The average Bonchev–Trinajstić information content (AvgIpc) is 2.09. The highest BCUT2D eigenvalue weighted by atomic mass is 32.2. The van der Waals surface area contributed by atoms with Crippen LogP contribution in [0.4, 0.5) is 0 Å². The molecule has 0 aliphatic carbocycles. The topological polar surface area (TPSA) is 26.3 Å². The van der Waals surface area contributed by atoms with Crippen LogP contribution in [0.1, 0.15) is 40.5 Å². The van der Waals surface area contributed by atoms with E-state index in [1.165, 1.54) is 6.92 Å². The molecule has 4 atom stereocenters. The van der Waals surface area contributed by atoms with E-state index in [-0.39, 0.29) is 12.1 Å². The van der Waals surface area contributed by atoms with Gasteiger partial charge in [0.05, 0.1) is 0 Å². The molecule has 1 heterocycles. The maximum Gasteiger partial charge on any atom is 0.302 e.